The Morgan fingerprint density at radius 2 is 1.96 bits per heavy atom. The standard InChI is InChI=1S/C16H25N3O3.ClH/c1-21-14-7-12(8-15(9-14)22-2)10-19-6-4-13(11-19)18-16(20)3-5-17;/h7-9,13H,3-6,10-11,17H2,1-2H3,(H,18,20);1H. The van der Waals surface area contributed by atoms with E-state index in [4.69, 9.17) is 15.2 Å². The lowest BCUT2D eigenvalue weighted by Crippen LogP contribution is -2.37. The molecule has 1 unspecified atom stereocenters. The monoisotopic (exact) mass is 343 g/mol. The van der Waals surface area contributed by atoms with E-state index in [0.717, 1.165) is 43.1 Å². The van der Waals surface area contributed by atoms with Crippen LogP contribution in [0.3, 0.4) is 0 Å². The fourth-order valence-electron chi connectivity index (χ4n) is 2.74. The van der Waals surface area contributed by atoms with Gasteiger partial charge in [-0.05, 0) is 24.1 Å². The van der Waals surface area contributed by atoms with Crippen LogP contribution in [-0.4, -0.2) is 50.7 Å². The molecule has 1 saturated heterocycles. The highest BCUT2D eigenvalue weighted by Crippen LogP contribution is 2.24. The number of nitrogens with one attached hydrogen (secondary N) is 1. The van der Waals surface area contributed by atoms with Crippen LogP contribution in [0.2, 0.25) is 0 Å². The molecule has 7 heteroatoms. The maximum absolute atomic E-state index is 11.6. The molecule has 3 N–H and O–H groups in total. The SMILES string of the molecule is COc1cc(CN2CCC(NC(=O)CCN)C2)cc(OC)c1.Cl. The fourth-order valence-corrected chi connectivity index (χ4v) is 2.74. The zero-order chi connectivity index (χ0) is 15.9. The molecule has 0 aromatic heterocycles. The molecule has 0 saturated carbocycles. The molecule has 1 aromatic rings. The summed E-state index contributed by atoms with van der Waals surface area (Å²) in [6, 6.07) is 6.11. The first-order chi connectivity index (χ1) is 10.6. The third-order valence-electron chi connectivity index (χ3n) is 3.83. The molecule has 1 atom stereocenters. The molecule has 0 aliphatic carbocycles. The van der Waals surface area contributed by atoms with Crippen molar-refractivity contribution in [3.05, 3.63) is 23.8 Å². The highest BCUT2D eigenvalue weighted by molar-refractivity contribution is 5.85. The molecule has 0 spiro atoms. The van der Waals surface area contributed by atoms with Gasteiger partial charge >= 0.3 is 0 Å². The number of carbonyl (C=O) groups is 1. The van der Waals surface area contributed by atoms with Gasteiger partial charge in [0.1, 0.15) is 11.5 Å². The van der Waals surface area contributed by atoms with Crippen molar-refractivity contribution in [1.29, 1.82) is 0 Å². The second-order valence-corrected chi connectivity index (χ2v) is 5.55. The molecule has 1 heterocycles. The van der Waals surface area contributed by atoms with E-state index in [9.17, 15) is 4.79 Å². The Labute approximate surface area is 143 Å². The molecule has 1 aliphatic heterocycles. The van der Waals surface area contributed by atoms with Gasteiger partial charge in [-0.3, -0.25) is 9.69 Å². The molecule has 1 aliphatic rings. The minimum absolute atomic E-state index is 0. The summed E-state index contributed by atoms with van der Waals surface area (Å²) in [4.78, 5) is 13.9. The summed E-state index contributed by atoms with van der Waals surface area (Å²) < 4.78 is 10.6. The van der Waals surface area contributed by atoms with Gasteiger partial charge in [-0.25, -0.2) is 0 Å². The number of hydrogen-bond acceptors (Lipinski definition) is 5. The quantitative estimate of drug-likeness (QED) is 0.777. The van der Waals surface area contributed by atoms with Crippen molar-refractivity contribution in [2.75, 3.05) is 33.9 Å². The average molecular weight is 344 g/mol. The zero-order valence-corrected chi connectivity index (χ0v) is 14.5. The Morgan fingerprint density at radius 1 is 1.30 bits per heavy atom. The first kappa shape index (κ1) is 19.5. The predicted octanol–water partition coefficient (Wildman–Crippen LogP) is 1.16. The third-order valence-corrected chi connectivity index (χ3v) is 3.83. The van der Waals surface area contributed by atoms with Crippen molar-refractivity contribution >= 4 is 18.3 Å². The van der Waals surface area contributed by atoms with E-state index < -0.39 is 0 Å². The van der Waals surface area contributed by atoms with Gasteiger partial charge in [0.05, 0.1) is 14.2 Å². The van der Waals surface area contributed by atoms with E-state index in [1.807, 2.05) is 18.2 Å². The summed E-state index contributed by atoms with van der Waals surface area (Å²) in [6.45, 7) is 3.03. The minimum Gasteiger partial charge on any atom is -0.497 e. The van der Waals surface area contributed by atoms with Crippen LogP contribution in [0.25, 0.3) is 0 Å². The van der Waals surface area contributed by atoms with Gasteiger partial charge in [0, 0.05) is 44.7 Å². The van der Waals surface area contributed by atoms with E-state index >= 15 is 0 Å². The Kier molecular flexibility index (Phi) is 8.16. The Balaban J connectivity index is 0.00000264. The van der Waals surface area contributed by atoms with E-state index in [1.54, 1.807) is 14.2 Å². The smallest absolute Gasteiger partial charge is 0.221 e. The predicted molar refractivity (Wildman–Crippen MR) is 92.3 cm³/mol. The van der Waals surface area contributed by atoms with Crippen LogP contribution in [0.5, 0.6) is 11.5 Å². The van der Waals surface area contributed by atoms with Crippen LogP contribution in [-0.2, 0) is 11.3 Å². The lowest BCUT2D eigenvalue weighted by molar-refractivity contribution is -0.121. The fraction of sp³-hybridized carbons (Fsp3) is 0.562. The van der Waals surface area contributed by atoms with E-state index in [0.29, 0.717) is 13.0 Å². The van der Waals surface area contributed by atoms with Gasteiger partial charge in [-0.1, -0.05) is 0 Å². The first-order valence-corrected chi connectivity index (χ1v) is 7.58. The van der Waals surface area contributed by atoms with Crippen molar-refractivity contribution in [3.8, 4) is 11.5 Å². The molecule has 1 fully saturated rings. The third kappa shape index (κ3) is 5.89. The zero-order valence-electron chi connectivity index (χ0n) is 13.7. The van der Waals surface area contributed by atoms with Crippen molar-refractivity contribution in [2.24, 2.45) is 5.73 Å². The number of amides is 1. The number of ether oxygens (including phenoxy) is 2. The number of rotatable bonds is 7. The molecular formula is C16H26ClN3O3. The molecule has 1 aromatic carbocycles. The van der Waals surface area contributed by atoms with Gasteiger partial charge < -0.3 is 20.5 Å². The summed E-state index contributed by atoms with van der Waals surface area (Å²) >= 11 is 0. The normalized spacial score (nSPS) is 17.4. The van der Waals surface area contributed by atoms with Gasteiger partial charge in [0.25, 0.3) is 0 Å². The molecular weight excluding hydrogens is 318 g/mol. The summed E-state index contributed by atoms with van der Waals surface area (Å²) in [5, 5.41) is 3.03. The Morgan fingerprint density at radius 3 is 2.52 bits per heavy atom. The number of benzene rings is 1. The molecule has 2 rings (SSSR count). The summed E-state index contributed by atoms with van der Waals surface area (Å²) in [5.41, 5.74) is 6.54. The maximum Gasteiger partial charge on any atom is 0.221 e. The van der Waals surface area contributed by atoms with Crippen LogP contribution in [0, 0.1) is 0 Å². The van der Waals surface area contributed by atoms with E-state index in [2.05, 4.69) is 10.2 Å². The van der Waals surface area contributed by atoms with Gasteiger partial charge in [0.15, 0.2) is 0 Å². The van der Waals surface area contributed by atoms with Crippen molar-refractivity contribution < 1.29 is 14.3 Å². The molecule has 0 radical (unpaired) electrons. The molecule has 6 nitrogen and oxygen atoms in total. The van der Waals surface area contributed by atoms with Crippen LogP contribution < -0.4 is 20.5 Å². The number of carbonyl (C=O) groups excluding carboxylic acids is 1. The molecule has 0 bridgehead atoms. The summed E-state index contributed by atoms with van der Waals surface area (Å²) in [7, 11) is 3.30. The number of nitrogens with two attached hydrogens (primary N) is 1. The Hall–Kier alpha value is -1.50. The molecule has 23 heavy (non-hydrogen) atoms. The minimum atomic E-state index is 0. The van der Waals surface area contributed by atoms with Crippen LogP contribution in [0.1, 0.15) is 18.4 Å². The lowest BCUT2D eigenvalue weighted by atomic mass is 10.2. The topological polar surface area (TPSA) is 76.8 Å². The first-order valence-electron chi connectivity index (χ1n) is 7.58. The highest BCUT2D eigenvalue weighted by atomic mass is 35.5. The van der Waals surface area contributed by atoms with Crippen LogP contribution in [0.4, 0.5) is 0 Å². The second-order valence-electron chi connectivity index (χ2n) is 5.55. The Bertz CT molecular complexity index is 491. The summed E-state index contributed by atoms with van der Waals surface area (Å²) in [5.74, 6) is 1.63. The van der Waals surface area contributed by atoms with E-state index in [1.165, 1.54) is 0 Å². The number of nitrogens with zero attached hydrogens (tertiary/aromatic N) is 1. The van der Waals surface area contributed by atoms with Gasteiger partial charge in [-0.2, -0.15) is 0 Å². The van der Waals surface area contributed by atoms with Crippen LogP contribution in [0.15, 0.2) is 18.2 Å². The second kappa shape index (κ2) is 9.60. The number of methoxy groups -OCH3 is 2. The molecule has 1 amide bonds. The van der Waals surface area contributed by atoms with Gasteiger partial charge in [-0.15, -0.1) is 12.4 Å². The highest BCUT2D eigenvalue weighted by Gasteiger charge is 2.23. The number of hydrogen-bond donors (Lipinski definition) is 2. The number of halogens is 1. The lowest BCUT2D eigenvalue weighted by Gasteiger charge is -2.17. The van der Waals surface area contributed by atoms with E-state index in [-0.39, 0.29) is 24.4 Å². The summed E-state index contributed by atoms with van der Waals surface area (Å²) in [6.07, 6.45) is 1.36. The van der Waals surface area contributed by atoms with Crippen molar-refractivity contribution in [2.45, 2.75) is 25.4 Å². The van der Waals surface area contributed by atoms with Crippen molar-refractivity contribution in [1.82, 2.24) is 10.2 Å². The van der Waals surface area contributed by atoms with Gasteiger partial charge in [0.2, 0.25) is 5.91 Å². The van der Waals surface area contributed by atoms with Crippen LogP contribution >= 0.6 is 12.4 Å². The largest absolute Gasteiger partial charge is 0.497 e. The molecule has 130 valence electrons. The van der Waals surface area contributed by atoms with Crippen molar-refractivity contribution in [3.63, 3.8) is 0 Å². The maximum atomic E-state index is 11.6. The number of likely N-dealkylation sites (tertiary alicyclic amines) is 1. The average Bonchev–Trinajstić information content (AvgIpc) is 2.93.